The molecule has 0 heterocycles. The molecule has 0 saturated heterocycles. The maximum atomic E-state index is 11.4. The number of hydrogen-bond acceptors (Lipinski definition) is 2. The summed E-state index contributed by atoms with van der Waals surface area (Å²) in [6.07, 6.45) is 6.32. The van der Waals surface area contributed by atoms with Crippen molar-refractivity contribution in [1.82, 2.24) is 0 Å². The van der Waals surface area contributed by atoms with Crippen LogP contribution in [0.5, 0.6) is 0 Å². The molecule has 0 aromatic carbocycles. The Morgan fingerprint density at radius 1 is 1.46 bits per heavy atom. The molecule has 0 aromatic heterocycles. The largest absolute Gasteiger partial charge is 0.455 e. The van der Waals surface area contributed by atoms with Gasteiger partial charge in [-0.1, -0.05) is 26.2 Å². The van der Waals surface area contributed by atoms with Crippen LogP contribution in [0, 0.1) is 11.8 Å². The molecule has 1 fully saturated rings. The number of esters is 1. The van der Waals surface area contributed by atoms with E-state index < -0.39 is 0 Å². The lowest BCUT2D eigenvalue weighted by atomic mass is 9.81. The van der Waals surface area contributed by atoms with Crippen molar-refractivity contribution < 1.29 is 9.53 Å². The second-order valence-electron chi connectivity index (χ2n) is 3.76. The summed E-state index contributed by atoms with van der Waals surface area (Å²) in [5, 5.41) is 0. The first-order chi connectivity index (χ1) is 6.25. The molecule has 3 heteroatoms. The topological polar surface area (TPSA) is 26.3 Å². The predicted molar refractivity (Wildman–Crippen MR) is 60.7 cm³/mol. The van der Waals surface area contributed by atoms with Crippen LogP contribution in [-0.4, -0.2) is 10.6 Å². The maximum absolute atomic E-state index is 11.4. The van der Waals surface area contributed by atoms with Crippen molar-refractivity contribution in [1.29, 1.82) is 0 Å². The van der Waals surface area contributed by atoms with E-state index in [-0.39, 0.29) is 11.9 Å². The van der Waals surface area contributed by atoms with Crippen LogP contribution in [0.1, 0.15) is 39.0 Å². The molecule has 1 aliphatic carbocycles. The van der Waals surface area contributed by atoms with E-state index in [2.05, 4.69) is 22.6 Å². The summed E-state index contributed by atoms with van der Waals surface area (Å²) >= 11 is 2.06. The van der Waals surface area contributed by atoms with E-state index >= 15 is 0 Å². The summed E-state index contributed by atoms with van der Waals surface area (Å²) in [4.78, 5) is 11.4. The molecule has 0 spiro atoms. The van der Waals surface area contributed by atoms with Crippen molar-refractivity contribution in [2.24, 2.45) is 11.8 Å². The summed E-state index contributed by atoms with van der Waals surface area (Å²) in [5.74, 6) is 0.667. The Bertz CT molecular complexity index is 164. The third kappa shape index (κ3) is 3.44. The van der Waals surface area contributed by atoms with Crippen LogP contribution in [0.25, 0.3) is 0 Å². The fourth-order valence-corrected chi connectivity index (χ4v) is 2.32. The van der Waals surface area contributed by atoms with Gasteiger partial charge in [-0.05, 0) is 41.4 Å². The van der Waals surface area contributed by atoms with E-state index in [1.165, 1.54) is 32.1 Å². The van der Waals surface area contributed by atoms with Gasteiger partial charge in [0.05, 0.1) is 5.92 Å². The monoisotopic (exact) mass is 296 g/mol. The van der Waals surface area contributed by atoms with Crippen LogP contribution in [0.4, 0.5) is 0 Å². The Morgan fingerprint density at radius 2 is 2.08 bits per heavy atom. The highest BCUT2D eigenvalue weighted by Gasteiger charge is 2.26. The van der Waals surface area contributed by atoms with Gasteiger partial charge in [-0.3, -0.25) is 4.79 Å². The molecule has 1 unspecified atom stereocenters. The minimum Gasteiger partial charge on any atom is -0.455 e. The number of carbonyl (C=O) groups excluding carboxylic acids is 1. The Morgan fingerprint density at radius 3 is 2.62 bits per heavy atom. The lowest BCUT2D eigenvalue weighted by molar-refractivity contribution is -0.147. The second-order valence-corrected chi connectivity index (χ2v) is 4.38. The number of ether oxygens (including phenoxy) is 1. The Balaban J connectivity index is 2.35. The van der Waals surface area contributed by atoms with Gasteiger partial charge in [-0.2, -0.15) is 0 Å². The minimum atomic E-state index is -0.0127. The van der Waals surface area contributed by atoms with Gasteiger partial charge < -0.3 is 4.74 Å². The van der Waals surface area contributed by atoms with Gasteiger partial charge in [0.25, 0.3) is 0 Å². The van der Waals surface area contributed by atoms with E-state index in [1.807, 2.05) is 6.92 Å². The summed E-state index contributed by atoms with van der Waals surface area (Å²) in [6, 6.07) is 0. The lowest BCUT2D eigenvalue weighted by Crippen LogP contribution is -2.24. The fourth-order valence-electron chi connectivity index (χ4n) is 2.01. The van der Waals surface area contributed by atoms with Crippen LogP contribution in [0.2, 0.25) is 0 Å². The smallest absolute Gasteiger partial charge is 0.309 e. The normalized spacial score (nSPS) is 21.1. The highest BCUT2D eigenvalue weighted by molar-refractivity contribution is 14.1. The van der Waals surface area contributed by atoms with Crippen molar-refractivity contribution >= 4 is 28.6 Å². The SMILES string of the molecule is CC(C(=O)OCI)C1CCCCC1. The summed E-state index contributed by atoms with van der Waals surface area (Å²) < 4.78 is 5.48. The van der Waals surface area contributed by atoms with Gasteiger partial charge >= 0.3 is 5.97 Å². The Labute approximate surface area is 93.6 Å². The van der Waals surface area contributed by atoms with Gasteiger partial charge in [-0.25, -0.2) is 0 Å². The molecule has 0 radical (unpaired) electrons. The first-order valence-electron chi connectivity index (χ1n) is 4.98. The molecule has 0 amide bonds. The zero-order chi connectivity index (χ0) is 9.68. The molecule has 13 heavy (non-hydrogen) atoms. The molecule has 0 aliphatic heterocycles. The van der Waals surface area contributed by atoms with Crippen molar-refractivity contribution in [3.63, 3.8) is 0 Å². The molecule has 1 atom stereocenters. The Hall–Kier alpha value is 0.200. The van der Waals surface area contributed by atoms with Crippen LogP contribution in [0.15, 0.2) is 0 Å². The first-order valence-corrected chi connectivity index (χ1v) is 6.51. The van der Waals surface area contributed by atoms with E-state index in [0.29, 0.717) is 10.5 Å². The average molecular weight is 296 g/mol. The van der Waals surface area contributed by atoms with Crippen LogP contribution >= 0.6 is 22.6 Å². The van der Waals surface area contributed by atoms with Gasteiger partial charge in [0.2, 0.25) is 0 Å². The molecule has 76 valence electrons. The highest BCUT2D eigenvalue weighted by Crippen LogP contribution is 2.30. The predicted octanol–water partition coefficient (Wildman–Crippen LogP) is 3.14. The molecule has 2 nitrogen and oxygen atoms in total. The molecule has 0 aromatic rings. The van der Waals surface area contributed by atoms with Crippen LogP contribution in [0.3, 0.4) is 0 Å². The number of alkyl halides is 1. The summed E-state index contributed by atoms with van der Waals surface area (Å²) in [6.45, 7) is 2.00. The van der Waals surface area contributed by atoms with Crippen molar-refractivity contribution in [2.45, 2.75) is 39.0 Å². The van der Waals surface area contributed by atoms with Gasteiger partial charge in [0.15, 0.2) is 0 Å². The average Bonchev–Trinajstić information content (AvgIpc) is 2.18. The maximum Gasteiger partial charge on any atom is 0.309 e. The molecular weight excluding hydrogens is 279 g/mol. The molecule has 1 rings (SSSR count). The van der Waals surface area contributed by atoms with E-state index in [0.717, 1.165) is 0 Å². The molecule has 1 saturated carbocycles. The fraction of sp³-hybridized carbons (Fsp3) is 0.900. The molecular formula is C10H17IO2. The molecule has 1 aliphatic rings. The molecule has 0 N–H and O–H groups in total. The number of halogens is 1. The highest BCUT2D eigenvalue weighted by atomic mass is 127. The van der Waals surface area contributed by atoms with E-state index in [1.54, 1.807) is 0 Å². The third-order valence-corrected chi connectivity index (χ3v) is 3.24. The van der Waals surface area contributed by atoms with Crippen LogP contribution in [-0.2, 0) is 9.53 Å². The second kappa shape index (κ2) is 5.83. The van der Waals surface area contributed by atoms with Crippen molar-refractivity contribution in [3.8, 4) is 0 Å². The van der Waals surface area contributed by atoms with E-state index in [9.17, 15) is 4.79 Å². The minimum absolute atomic E-state index is 0.0127. The third-order valence-electron chi connectivity index (χ3n) is 2.93. The standard InChI is InChI=1S/C10H17IO2/c1-8(10(12)13-7-11)9-5-3-2-4-6-9/h8-9H,2-7H2,1H3. The first kappa shape index (κ1) is 11.3. The quantitative estimate of drug-likeness (QED) is 0.454. The summed E-state index contributed by atoms with van der Waals surface area (Å²) in [7, 11) is 0. The Kier molecular flexibility index (Phi) is 5.06. The zero-order valence-electron chi connectivity index (χ0n) is 8.09. The summed E-state index contributed by atoms with van der Waals surface area (Å²) in [5.41, 5.74) is 0. The zero-order valence-corrected chi connectivity index (χ0v) is 10.2. The van der Waals surface area contributed by atoms with Crippen LogP contribution < -0.4 is 0 Å². The van der Waals surface area contributed by atoms with Gasteiger partial charge in [0, 0.05) is 0 Å². The molecule has 0 bridgehead atoms. The van der Waals surface area contributed by atoms with Gasteiger partial charge in [0.1, 0.15) is 4.61 Å². The number of carbonyl (C=O) groups is 1. The lowest BCUT2D eigenvalue weighted by Gasteiger charge is -2.25. The van der Waals surface area contributed by atoms with Crippen molar-refractivity contribution in [2.75, 3.05) is 4.61 Å². The number of rotatable bonds is 3. The van der Waals surface area contributed by atoms with Crippen molar-refractivity contribution in [3.05, 3.63) is 0 Å². The van der Waals surface area contributed by atoms with Gasteiger partial charge in [-0.15, -0.1) is 0 Å². The van der Waals surface area contributed by atoms with E-state index in [4.69, 9.17) is 4.74 Å². The number of hydrogen-bond donors (Lipinski definition) is 0.